The van der Waals surface area contributed by atoms with E-state index in [0.29, 0.717) is 10.7 Å². The van der Waals surface area contributed by atoms with Crippen LogP contribution in [0, 0.1) is 0 Å². The van der Waals surface area contributed by atoms with E-state index in [2.05, 4.69) is 4.98 Å². The van der Waals surface area contributed by atoms with Gasteiger partial charge in [0.05, 0.1) is 19.3 Å². The fourth-order valence-electron chi connectivity index (χ4n) is 2.76. The van der Waals surface area contributed by atoms with Gasteiger partial charge in [-0.2, -0.15) is 0 Å². The average Bonchev–Trinajstić information content (AvgIpc) is 3.06. The molecule has 2 heterocycles. The van der Waals surface area contributed by atoms with Crippen LogP contribution < -0.4 is 0 Å². The number of carbonyl (C=O) groups is 1. The molecule has 6 nitrogen and oxygen atoms in total. The first-order valence-electron chi connectivity index (χ1n) is 7.63. The Bertz CT molecular complexity index is 716. The monoisotopic (exact) mass is 350 g/mol. The maximum absolute atomic E-state index is 12.6. The summed E-state index contributed by atoms with van der Waals surface area (Å²) in [6.45, 7) is 0.258. The highest BCUT2D eigenvalue weighted by molar-refractivity contribution is 6.30. The smallest absolute Gasteiger partial charge is 0.270 e. The molecular formula is C17H19ClN2O4. The number of carbonyl (C=O) groups excluding carboxylic acids is 1. The van der Waals surface area contributed by atoms with E-state index >= 15 is 0 Å². The summed E-state index contributed by atoms with van der Waals surface area (Å²) in [4.78, 5) is 17.1. The molecule has 1 aliphatic heterocycles. The average molecular weight is 351 g/mol. The number of ether oxygens (including phenoxy) is 1. The van der Waals surface area contributed by atoms with Gasteiger partial charge in [0.1, 0.15) is 17.9 Å². The number of benzene rings is 1. The first-order valence-corrected chi connectivity index (χ1v) is 8.01. The number of aliphatic hydroxyl groups is 2. The maximum atomic E-state index is 12.6. The molecule has 128 valence electrons. The zero-order valence-corrected chi connectivity index (χ0v) is 13.9. The van der Waals surface area contributed by atoms with E-state index in [0.717, 1.165) is 11.3 Å². The Hall–Kier alpha value is -1.86. The van der Waals surface area contributed by atoms with Crippen molar-refractivity contribution in [2.24, 2.45) is 0 Å². The van der Waals surface area contributed by atoms with E-state index in [4.69, 9.17) is 16.3 Å². The van der Waals surface area contributed by atoms with Gasteiger partial charge in [0.15, 0.2) is 0 Å². The molecule has 1 fully saturated rings. The summed E-state index contributed by atoms with van der Waals surface area (Å²) in [5.74, 6) is -0.281. The van der Waals surface area contributed by atoms with Crippen LogP contribution in [0.5, 0.6) is 0 Å². The fraction of sp³-hybridized carbons (Fsp3) is 0.353. The van der Waals surface area contributed by atoms with E-state index in [1.807, 2.05) is 18.2 Å². The predicted molar refractivity (Wildman–Crippen MR) is 90.0 cm³/mol. The number of nitrogens with zero attached hydrogens (tertiary/aromatic N) is 1. The number of aliphatic hydroxyl groups excluding tert-OH is 2. The van der Waals surface area contributed by atoms with Gasteiger partial charge < -0.3 is 24.8 Å². The van der Waals surface area contributed by atoms with Crippen LogP contribution in [-0.4, -0.2) is 64.5 Å². The minimum absolute atomic E-state index is 0.0723. The van der Waals surface area contributed by atoms with Gasteiger partial charge >= 0.3 is 0 Å². The van der Waals surface area contributed by atoms with Crippen molar-refractivity contribution >= 4 is 17.5 Å². The Morgan fingerprint density at radius 3 is 2.62 bits per heavy atom. The van der Waals surface area contributed by atoms with Crippen LogP contribution in [0.4, 0.5) is 0 Å². The van der Waals surface area contributed by atoms with E-state index in [9.17, 15) is 15.0 Å². The number of likely N-dealkylation sites (N-methyl/N-ethyl adjacent to an activating group) is 1. The molecule has 0 aliphatic carbocycles. The molecule has 1 aliphatic rings. The lowest BCUT2D eigenvalue weighted by Gasteiger charge is -2.37. The quantitative estimate of drug-likeness (QED) is 0.783. The second kappa shape index (κ2) is 6.94. The number of H-pyrrole nitrogens is 1. The van der Waals surface area contributed by atoms with Crippen molar-refractivity contribution in [2.45, 2.75) is 18.2 Å². The Morgan fingerprint density at radius 2 is 1.92 bits per heavy atom. The topological polar surface area (TPSA) is 85.8 Å². The molecule has 0 saturated carbocycles. The van der Waals surface area contributed by atoms with Gasteiger partial charge in [-0.05, 0) is 29.8 Å². The third-order valence-corrected chi connectivity index (χ3v) is 4.51. The van der Waals surface area contributed by atoms with Gasteiger partial charge in [0.2, 0.25) is 0 Å². The highest BCUT2D eigenvalue weighted by Gasteiger charge is 2.36. The fourth-order valence-corrected chi connectivity index (χ4v) is 2.89. The van der Waals surface area contributed by atoms with Crippen molar-refractivity contribution < 1.29 is 19.7 Å². The van der Waals surface area contributed by atoms with E-state index in [1.165, 1.54) is 4.90 Å². The summed E-state index contributed by atoms with van der Waals surface area (Å²) in [5, 5.41) is 20.4. The predicted octanol–water partition coefficient (Wildman–Crippen LogP) is 1.53. The van der Waals surface area contributed by atoms with E-state index < -0.39 is 18.2 Å². The summed E-state index contributed by atoms with van der Waals surface area (Å²) in [5.41, 5.74) is 2.11. The lowest BCUT2D eigenvalue weighted by molar-refractivity contribution is -0.122. The minimum Gasteiger partial charge on any atom is -0.388 e. The molecular weight excluding hydrogens is 332 g/mol. The zero-order valence-electron chi connectivity index (χ0n) is 13.1. The number of halogens is 1. The third kappa shape index (κ3) is 3.32. The molecule has 2 aromatic rings. The van der Waals surface area contributed by atoms with E-state index in [1.54, 1.807) is 25.2 Å². The second-order valence-corrected chi connectivity index (χ2v) is 6.31. The number of hydrogen-bond donors (Lipinski definition) is 3. The molecule has 3 N–H and O–H groups in total. The van der Waals surface area contributed by atoms with Crippen molar-refractivity contribution in [3.05, 3.63) is 47.1 Å². The third-order valence-electron chi connectivity index (χ3n) is 4.26. The van der Waals surface area contributed by atoms with Gasteiger partial charge in [0.25, 0.3) is 5.91 Å². The molecule has 7 heteroatoms. The largest absolute Gasteiger partial charge is 0.388 e. The molecule has 0 spiro atoms. The van der Waals surface area contributed by atoms with Crippen LogP contribution >= 0.6 is 11.6 Å². The normalized spacial score (nSPS) is 23.9. The van der Waals surface area contributed by atoms with Crippen LogP contribution in [0.1, 0.15) is 10.5 Å². The minimum atomic E-state index is -1.03. The number of hydrogen-bond acceptors (Lipinski definition) is 4. The van der Waals surface area contributed by atoms with Gasteiger partial charge in [-0.3, -0.25) is 4.79 Å². The van der Waals surface area contributed by atoms with Crippen LogP contribution in [0.25, 0.3) is 11.3 Å². The SMILES string of the molecule is CN(C(=O)c1ccc(-c2ccc(Cl)cc2)[nH]1)[C@@H]1COC[C@@H](O)[C@H]1O. The lowest BCUT2D eigenvalue weighted by Crippen LogP contribution is -2.56. The van der Waals surface area contributed by atoms with Crippen LogP contribution in [0.2, 0.25) is 5.02 Å². The van der Waals surface area contributed by atoms with E-state index in [-0.39, 0.29) is 19.1 Å². The molecule has 1 aromatic carbocycles. The molecule has 3 atom stereocenters. The summed E-state index contributed by atoms with van der Waals surface area (Å²) in [6, 6.07) is 10.2. The van der Waals surface area contributed by atoms with Gasteiger partial charge in [-0.25, -0.2) is 0 Å². The summed E-state index contributed by atoms with van der Waals surface area (Å²) >= 11 is 5.88. The Kier molecular flexibility index (Phi) is 4.91. The number of aromatic amines is 1. The second-order valence-electron chi connectivity index (χ2n) is 5.87. The molecule has 0 radical (unpaired) electrons. The zero-order chi connectivity index (χ0) is 17.3. The lowest BCUT2D eigenvalue weighted by atomic mass is 10.0. The van der Waals surface area contributed by atoms with Gasteiger partial charge in [0, 0.05) is 17.8 Å². The van der Waals surface area contributed by atoms with Crippen LogP contribution in [-0.2, 0) is 4.74 Å². The molecule has 3 rings (SSSR count). The van der Waals surface area contributed by atoms with Crippen molar-refractivity contribution in [1.29, 1.82) is 0 Å². The van der Waals surface area contributed by atoms with Crippen molar-refractivity contribution in [1.82, 2.24) is 9.88 Å². The Balaban J connectivity index is 1.76. The van der Waals surface area contributed by atoms with Gasteiger partial charge in [-0.15, -0.1) is 0 Å². The van der Waals surface area contributed by atoms with Crippen molar-refractivity contribution in [2.75, 3.05) is 20.3 Å². The first kappa shape index (κ1) is 17.0. The Labute approximate surface area is 144 Å². The molecule has 24 heavy (non-hydrogen) atoms. The number of aromatic nitrogens is 1. The highest BCUT2D eigenvalue weighted by Crippen LogP contribution is 2.22. The maximum Gasteiger partial charge on any atom is 0.270 e. The molecule has 1 saturated heterocycles. The van der Waals surface area contributed by atoms with Crippen molar-refractivity contribution in [3.8, 4) is 11.3 Å². The molecule has 0 bridgehead atoms. The highest BCUT2D eigenvalue weighted by atomic mass is 35.5. The molecule has 0 unspecified atom stereocenters. The van der Waals surface area contributed by atoms with Crippen LogP contribution in [0.15, 0.2) is 36.4 Å². The molecule has 1 aromatic heterocycles. The summed E-state index contributed by atoms with van der Waals surface area (Å²) in [6.07, 6.45) is -2.02. The first-order chi connectivity index (χ1) is 11.5. The summed E-state index contributed by atoms with van der Waals surface area (Å²) < 4.78 is 5.23. The molecule has 1 amide bonds. The Morgan fingerprint density at radius 1 is 1.21 bits per heavy atom. The number of rotatable bonds is 3. The standard InChI is InChI=1S/C17H19ClN2O4/c1-20(14-8-24-9-15(21)16(14)22)17(23)13-7-6-12(19-13)10-2-4-11(18)5-3-10/h2-7,14-16,19,21-22H,8-9H2,1H3/t14-,15-,16+/m1/s1. The van der Waals surface area contributed by atoms with Crippen molar-refractivity contribution in [3.63, 3.8) is 0 Å². The number of amides is 1. The van der Waals surface area contributed by atoms with Crippen LogP contribution in [0.3, 0.4) is 0 Å². The van der Waals surface area contributed by atoms with Gasteiger partial charge in [-0.1, -0.05) is 23.7 Å². The number of nitrogens with one attached hydrogen (secondary N) is 1. The summed E-state index contributed by atoms with van der Waals surface area (Å²) in [7, 11) is 1.58.